The van der Waals surface area contributed by atoms with Crippen LogP contribution in [0.15, 0.2) is 30.3 Å². The molecule has 0 spiro atoms. The SMILES string of the molecule is CCc1nn(C)c(C(=O)c2ccccc2)c1[N+](=O)[O-]. The van der Waals surface area contributed by atoms with Crippen LogP contribution in [0.3, 0.4) is 0 Å². The Morgan fingerprint density at radius 2 is 2.00 bits per heavy atom. The van der Waals surface area contributed by atoms with E-state index in [0.29, 0.717) is 17.7 Å². The largest absolute Gasteiger partial charge is 0.321 e. The van der Waals surface area contributed by atoms with E-state index < -0.39 is 4.92 Å². The number of hydrogen-bond acceptors (Lipinski definition) is 4. The highest BCUT2D eigenvalue weighted by molar-refractivity contribution is 6.10. The summed E-state index contributed by atoms with van der Waals surface area (Å²) in [5, 5.41) is 15.2. The first-order valence-corrected chi connectivity index (χ1v) is 5.86. The monoisotopic (exact) mass is 259 g/mol. The summed E-state index contributed by atoms with van der Waals surface area (Å²) < 4.78 is 1.28. The molecule has 0 N–H and O–H groups in total. The second-order valence-electron chi connectivity index (χ2n) is 4.07. The molecule has 0 aliphatic rings. The van der Waals surface area contributed by atoms with E-state index in [4.69, 9.17) is 0 Å². The summed E-state index contributed by atoms with van der Waals surface area (Å²) in [4.78, 5) is 23.0. The highest BCUT2D eigenvalue weighted by Crippen LogP contribution is 2.25. The summed E-state index contributed by atoms with van der Waals surface area (Å²) in [5.74, 6) is -0.387. The number of carbonyl (C=O) groups excluding carboxylic acids is 1. The number of hydrogen-bond donors (Lipinski definition) is 0. The number of nitro groups is 1. The molecule has 0 aliphatic carbocycles. The van der Waals surface area contributed by atoms with Gasteiger partial charge in [-0.25, -0.2) is 0 Å². The Balaban J connectivity index is 2.59. The van der Waals surface area contributed by atoms with Gasteiger partial charge in [0.2, 0.25) is 5.78 Å². The van der Waals surface area contributed by atoms with E-state index in [0.717, 1.165) is 0 Å². The van der Waals surface area contributed by atoms with Crippen molar-refractivity contribution in [3.8, 4) is 0 Å². The van der Waals surface area contributed by atoms with Crippen molar-refractivity contribution in [1.29, 1.82) is 0 Å². The first-order valence-electron chi connectivity index (χ1n) is 5.86. The normalized spacial score (nSPS) is 10.4. The molecule has 98 valence electrons. The van der Waals surface area contributed by atoms with Gasteiger partial charge < -0.3 is 0 Å². The molecule has 0 radical (unpaired) electrons. The summed E-state index contributed by atoms with van der Waals surface area (Å²) in [6, 6.07) is 8.48. The van der Waals surface area contributed by atoms with Crippen molar-refractivity contribution >= 4 is 11.5 Å². The lowest BCUT2D eigenvalue weighted by Gasteiger charge is -2.00. The minimum atomic E-state index is -0.540. The van der Waals surface area contributed by atoms with Crippen LogP contribution in [0.1, 0.15) is 28.7 Å². The maximum atomic E-state index is 12.4. The molecule has 2 rings (SSSR count). The average Bonchev–Trinajstić information content (AvgIpc) is 2.76. The Morgan fingerprint density at radius 3 is 2.53 bits per heavy atom. The minimum Gasteiger partial charge on any atom is -0.287 e. The number of aryl methyl sites for hydroxylation is 2. The second-order valence-corrected chi connectivity index (χ2v) is 4.07. The molecule has 2 aromatic rings. The van der Waals surface area contributed by atoms with E-state index in [9.17, 15) is 14.9 Å². The zero-order chi connectivity index (χ0) is 14.0. The molecule has 0 saturated carbocycles. The van der Waals surface area contributed by atoms with Gasteiger partial charge in [-0.15, -0.1) is 0 Å². The number of nitrogens with zero attached hydrogens (tertiary/aromatic N) is 3. The van der Waals surface area contributed by atoms with Crippen LogP contribution in [0.25, 0.3) is 0 Å². The van der Waals surface area contributed by atoms with Gasteiger partial charge in [0.25, 0.3) is 0 Å². The van der Waals surface area contributed by atoms with Crippen molar-refractivity contribution in [2.45, 2.75) is 13.3 Å². The molecule has 0 atom stereocenters. The van der Waals surface area contributed by atoms with Crippen LogP contribution < -0.4 is 0 Å². The molecule has 6 heteroatoms. The van der Waals surface area contributed by atoms with Gasteiger partial charge in [-0.2, -0.15) is 5.10 Å². The Bertz CT molecular complexity index is 632. The lowest BCUT2D eigenvalue weighted by Crippen LogP contribution is -2.10. The van der Waals surface area contributed by atoms with Crippen LogP contribution in [-0.4, -0.2) is 20.5 Å². The van der Waals surface area contributed by atoms with Gasteiger partial charge in [-0.3, -0.25) is 19.6 Å². The number of aromatic nitrogens is 2. The molecule has 1 aromatic carbocycles. The fraction of sp³-hybridized carbons (Fsp3) is 0.231. The van der Waals surface area contributed by atoms with Crippen LogP contribution in [0.2, 0.25) is 0 Å². The third-order valence-electron chi connectivity index (χ3n) is 2.86. The molecule has 0 unspecified atom stereocenters. The minimum absolute atomic E-state index is 0.0213. The van der Waals surface area contributed by atoms with Crippen molar-refractivity contribution in [1.82, 2.24) is 9.78 Å². The maximum absolute atomic E-state index is 12.4. The Morgan fingerprint density at radius 1 is 1.37 bits per heavy atom. The van der Waals surface area contributed by atoms with E-state index in [1.807, 2.05) is 0 Å². The van der Waals surface area contributed by atoms with Crippen molar-refractivity contribution in [2.24, 2.45) is 7.05 Å². The van der Waals surface area contributed by atoms with E-state index in [-0.39, 0.29) is 17.2 Å². The lowest BCUT2D eigenvalue weighted by atomic mass is 10.1. The molecule has 0 fully saturated rings. The molecule has 0 bridgehead atoms. The van der Waals surface area contributed by atoms with Gasteiger partial charge in [-0.1, -0.05) is 37.3 Å². The van der Waals surface area contributed by atoms with E-state index in [1.165, 1.54) is 4.68 Å². The van der Waals surface area contributed by atoms with Crippen LogP contribution in [0.4, 0.5) is 5.69 Å². The molecule has 1 heterocycles. The average molecular weight is 259 g/mol. The molecule has 0 amide bonds. The summed E-state index contributed by atoms with van der Waals surface area (Å²) in [6.45, 7) is 1.77. The van der Waals surface area contributed by atoms with Gasteiger partial charge in [0.1, 0.15) is 5.69 Å². The van der Waals surface area contributed by atoms with Crippen molar-refractivity contribution in [2.75, 3.05) is 0 Å². The fourth-order valence-corrected chi connectivity index (χ4v) is 1.98. The Kier molecular flexibility index (Phi) is 3.41. The van der Waals surface area contributed by atoms with Gasteiger partial charge >= 0.3 is 5.69 Å². The van der Waals surface area contributed by atoms with Crippen molar-refractivity contribution < 1.29 is 9.72 Å². The van der Waals surface area contributed by atoms with Gasteiger partial charge in [0.15, 0.2) is 5.69 Å². The Hall–Kier alpha value is -2.50. The second kappa shape index (κ2) is 5.01. The summed E-state index contributed by atoms with van der Waals surface area (Å²) in [7, 11) is 1.54. The van der Waals surface area contributed by atoms with E-state index >= 15 is 0 Å². The van der Waals surface area contributed by atoms with Gasteiger partial charge in [-0.05, 0) is 6.42 Å². The van der Waals surface area contributed by atoms with Gasteiger partial charge in [0, 0.05) is 12.6 Å². The zero-order valence-electron chi connectivity index (χ0n) is 10.7. The summed E-state index contributed by atoms with van der Waals surface area (Å²) >= 11 is 0. The topological polar surface area (TPSA) is 78.0 Å². The smallest absolute Gasteiger partial charge is 0.287 e. The standard InChI is InChI=1S/C13H13N3O3/c1-3-10-11(16(18)19)12(15(2)14-10)13(17)9-7-5-4-6-8-9/h4-8H,3H2,1-2H3. The molecule has 6 nitrogen and oxygen atoms in total. The number of rotatable bonds is 4. The van der Waals surface area contributed by atoms with E-state index in [2.05, 4.69) is 5.10 Å². The maximum Gasteiger partial charge on any atom is 0.321 e. The highest BCUT2D eigenvalue weighted by Gasteiger charge is 2.30. The van der Waals surface area contributed by atoms with Crippen LogP contribution in [-0.2, 0) is 13.5 Å². The molecular formula is C13H13N3O3. The third-order valence-corrected chi connectivity index (χ3v) is 2.86. The Labute approximate surface area is 109 Å². The summed E-state index contributed by atoms with van der Waals surface area (Å²) in [5.41, 5.74) is 0.565. The number of ketones is 1. The highest BCUT2D eigenvalue weighted by atomic mass is 16.6. The fourth-order valence-electron chi connectivity index (χ4n) is 1.98. The summed E-state index contributed by atoms with van der Waals surface area (Å²) in [6.07, 6.45) is 0.409. The lowest BCUT2D eigenvalue weighted by molar-refractivity contribution is -0.385. The van der Waals surface area contributed by atoms with E-state index in [1.54, 1.807) is 44.3 Å². The molecule has 1 aromatic heterocycles. The van der Waals surface area contributed by atoms with Crippen molar-refractivity contribution in [3.63, 3.8) is 0 Å². The first kappa shape index (κ1) is 12.9. The zero-order valence-corrected chi connectivity index (χ0v) is 10.7. The predicted octanol–water partition coefficient (Wildman–Crippen LogP) is 2.12. The molecular weight excluding hydrogens is 246 g/mol. The van der Waals surface area contributed by atoms with Crippen LogP contribution >= 0.6 is 0 Å². The predicted molar refractivity (Wildman–Crippen MR) is 69.1 cm³/mol. The quantitative estimate of drug-likeness (QED) is 0.478. The van der Waals surface area contributed by atoms with Crippen LogP contribution in [0, 0.1) is 10.1 Å². The molecule has 0 saturated heterocycles. The first-order chi connectivity index (χ1) is 9.06. The number of carbonyl (C=O) groups is 1. The van der Waals surface area contributed by atoms with Gasteiger partial charge in [0.05, 0.1) is 4.92 Å². The van der Waals surface area contributed by atoms with Crippen LogP contribution in [0.5, 0.6) is 0 Å². The third kappa shape index (κ3) is 2.24. The number of benzene rings is 1. The molecule has 0 aliphatic heterocycles. The van der Waals surface area contributed by atoms with Crippen molar-refractivity contribution in [3.05, 3.63) is 57.4 Å². The molecule has 19 heavy (non-hydrogen) atoms.